The molecule has 0 bridgehead atoms. The number of morpholine rings is 1. The summed E-state index contributed by atoms with van der Waals surface area (Å²) >= 11 is 0. The van der Waals surface area contributed by atoms with Crippen molar-refractivity contribution >= 4 is 0 Å². The Hall–Kier alpha value is -0.970. The van der Waals surface area contributed by atoms with Crippen LogP contribution in [0.15, 0.2) is 18.2 Å². The molecule has 1 aliphatic carbocycles. The SMILES string of the molecule is NCc1cccc(CN2CCOC3CCCC32)c1F. The van der Waals surface area contributed by atoms with Crippen LogP contribution < -0.4 is 5.73 Å². The van der Waals surface area contributed by atoms with Crippen molar-refractivity contribution in [2.75, 3.05) is 13.2 Å². The summed E-state index contributed by atoms with van der Waals surface area (Å²) in [5, 5.41) is 0. The highest BCUT2D eigenvalue weighted by Gasteiger charge is 2.36. The maximum atomic E-state index is 14.2. The zero-order valence-electron chi connectivity index (χ0n) is 11.1. The van der Waals surface area contributed by atoms with Gasteiger partial charge in [0.05, 0.1) is 12.7 Å². The average molecular weight is 264 g/mol. The molecular weight excluding hydrogens is 243 g/mol. The highest BCUT2D eigenvalue weighted by atomic mass is 19.1. The Morgan fingerprint density at radius 2 is 2.16 bits per heavy atom. The zero-order valence-corrected chi connectivity index (χ0v) is 11.1. The molecule has 1 heterocycles. The fraction of sp³-hybridized carbons (Fsp3) is 0.600. The lowest BCUT2D eigenvalue weighted by Crippen LogP contribution is -2.48. The van der Waals surface area contributed by atoms with Crippen molar-refractivity contribution in [3.05, 3.63) is 35.1 Å². The topological polar surface area (TPSA) is 38.5 Å². The van der Waals surface area contributed by atoms with Gasteiger partial charge in [0, 0.05) is 36.8 Å². The predicted octanol–water partition coefficient (Wildman–Crippen LogP) is 2.04. The van der Waals surface area contributed by atoms with Gasteiger partial charge < -0.3 is 10.5 Å². The van der Waals surface area contributed by atoms with Crippen LogP contribution in [0.25, 0.3) is 0 Å². The molecule has 2 fully saturated rings. The van der Waals surface area contributed by atoms with Gasteiger partial charge in [-0.05, 0) is 19.3 Å². The smallest absolute Gasteiger partial charge is 0.132 e. The zero-order chi connectivity index (χ0) is 13.2. The van der Waals surface area contributed by atoms with Gasteiger partial charge in [0.25, 0.3) is 0 Å². The second-order valence-corrected chi connectivity index (χ2v) is 5.47. The normalized spacial score (nSPS) is 27.5. The minimum Gasteiger partial charge on any atom is -0.375 e. The molecule has 19 heavy (non-hydrogen) atoms. The molecule has 3 rings (SSSR count). The van der Waals surface area contributed by atoms with Crippen LogP contribution in [0.4, 0.5) is 4.39 Å². The van der Waals surface area contributed by atoms with E-state index in [1.165, 1.54) is 12.8 Å². The monoisotopic (exact) mass is 264 g/mol. The average Bonchev–Trinajstić information content (AvgIpc) is 2.90. The fourth-order valence-corrected chi connectivity index (χ4v) is 3.33. The Bertz CT molecular complexity index is 452. The standard InChI is InChI=1S/C15H21FN2O/c16-15-11(9-17)3-1-4-12(15)10-18-7-8-19-14-6-2-5-13(14)18/h1,3-4,13-14H,2,5-10,17H2. The van der Waals surface area contributed by atoms with E-state index in [9.17, 15) is 4.39 Å². The summed E-state index contributed by atoms with van der Waals surface area (Å²) in [6.07, 6.45) is 3.89. The predicted molar refractivity (Wildman–Crippen MR) is 72.1 cm³/mol. The van der Waals surface area contributed by atoms with E-state index in [2.05, 4.69) is 4.90 Å². The van der Waals surface area contributed by atoms with Gasteiger partial charge in [0.15, 0.2) is 0 Å². The van der Waals surface area contributed by atoms with Crippen molar-refractivity contribution in [2.24, 2.45) is 5.73 Å². The summed E-state index contributed by atoms with van der Waals surface area (Å²) in [5.41, 5.74) is 6.93. The maximum absolute atomic E-state index is 14.2. The molecule has 1 aromatic rings. The van der Waals surface area contributed by atoms with Crippen LogP contribution in [0.3, 0.4) is 0 Å². The molecule has 2 atom stereocenters. The molecule has 0 spiro atoms. The quantitative estimate of drug-likeness (QED) is 0.908. The van der Waals surface area contributed by atoms with Crippen molar-refractivity contribution in [1.82, 2.24) is 4.90 Å². The van der Waals surface area contributed by atoms with E-state index in [4.69, 9.17) is 10.5 Å². The molecule has 1 aromatic carbocycles. The molecule has 1 saturated heterocycles. The van der Waals surface area contributed by atoms with Crippen molar-refractivity contribution in [2.45, 2.75) is 44.5 Å². The van der Waals surface area contributed by atoms with Crippen LogP contribution >= 0.6 is 0 Å². The van der Waals surface area contributed by atoms with E-state index in [1.807, 2.05) is 12.1 Å². The number of nitrogens with two attached hydrogens (primary N) is 1. The lowest BCUT2D eigenvalue weighted by molar-refractivity contribution is -0.0591. The van der Waals surface area contributed by atoms with Crippen LogP contribution in [0.1, 0.15) is 30.4 Å². The van der Waals surface area contributed by atoms with E-state index in [0.29, 0.717) is 24.3 Å². The Labute approximate surface area is 113 Å². The van der Waals surface area contributed by atoms with Gasteiger partial charge >= 0.3 is 0 Å². The first-order valence-electron chi connectivity index (χ1n) is 7.11. The third-order valence-corrected chi connectivity index (χ3v) is 4.35. The van der Waals surface area contributed by atoms with E-state index >= 15 is 0 Å². The number of hydrogen-bond acceptors (Lipinski definition) is 3. The van der Waals surface area contributed by atoms with Gasteiger partial charge in [-0.2, -0.15) is 0 Å². The van der Waals surface area contributed by atoms with E-state index < -0.39 is 0 Å². The van der Waals surface area contributed by atoms with Crippen molar-refractivity contribution in [3.63, 3.8) is 0 Å². The van der Waals surface area contributed by atoms with Gasteiger partial charge in [-0.25, -0.2) is 4.39 Å². The summed E-state index contributed by atoms with van der Waals surface area (Å²) in [6, 6.07) is 5.99. The lowest BCUT2D eigenvalue weighted by Gasteiger charge is -2.37. The van der Waals surface area contributed by atoms with Crippen LogP contribution in [-0.2, 0) is 17.8 Å². The molecule has 2 aliphatic rings. The summed E-state index contributed by atoms with van der Waals surface area (Å²) in [5.74, 6) is -0.133. The van der Waals surface area contributed by atoms with E-state index in [1.54, 1.807) is 6.07 Å². The van der Waals surface area contributed by atoms with Crippen molar-refractivity contribution in [3.8, 4) is 0 Å². The van der Waals surface area contributed by atoms with Gasteiger partial charge in [0.2, 0.25) is 0 Å². The second-order valence-electron chi connectivity index (χ2n) is 5.47. The highest BCUT2D eigenvalue weighted by molar-refractivity contribution is 5.26. The number of benzene rings is 1. The summed E-state index contributed by atoms with van der Waals surface area (Å²) in [7, 11) is 0. The van der Waals surface area contributed by atoms with Crippen molar-refractivity contribution in [1.29, 1.82) is 0 Å². The number of ether oxygens (including phenoxy) is 1. The van der Waals surface area contributed by atoms with Gasteiger partial charge in [0.1, 0.15) is 5.82 Å². The molecule has 2 N–H and O–H groups in total. The first-order valence-corrected chi connectivity index (χ1v) is 7.11. The van der Waals surface area contributed by atoms with Crippen LogP contribution in [0, 0.1) is 5.82 Å². The van der Waals surface area contributed by atoms with Crippen LogP contribution in [-0.4, -0.2) is 30.2 Å². The Kier molecular flexibility index (Phi) is 3.82. The second kappa shape index (κ2) is 5.57. The maximum Gasteiger partial charge on any atom is 0.132 e. The number of nitrogens with zero attached hydrogens (tertiary/aromatic N) is 1. The number of rotatable bonds is 3. The van der Waals surface area contributed by atoms with Gasteiger partial charge in [-0.15, -0.1) is 0 Å². The van der Waals surface area contributed by atoms with E-state index in [0.717, 1.165) is 25.1 Å². The minimum atomic E-state index is -0.133. The number of halogens is 1. The van der Waals surface area contributed by atoms with Crippen LogP contribution in [0.5, 0.6) is 0 Å². The molecular formula is C15H21FN2O. The molecule has 1 aliphatic heterocycles. The fourth-order valence-electron chi connectivity index (χ4n) is 3.33. The third kappa shape index (κ3) is 2.53. The summed E-state index contributed by atoms with van der Waals surface area (Å²) in [6.45, 7) is 2.59. The molecule has 1 saturated carbocycles. The van der Waals surface area contributed by atoms with Crippen LogP contribution in [0.2, 0.25) is 0 Å². The number of hydrogen-bond donors (Lipinski definition) is 1. The summed E-state index contributed by atoms with van der Waals surface area (Å²) < 4.78 is 20.0. The third-order valence-electron chi connectivity index (χ3n) is 4.35. The van der Waals surface area contributed by atoms with E-state index in [-0.39, 0.29) is 12.4 Å². The molecule has 104 valence electrons. The molecule has 0 radical (unpaired) electrons. The molecule has 0 aromatic heterocycles. The first kappa shape index (κ1) is 13.0. The summed E-state index contributed by atoms with van der Waals surface area (Å²) in [4.78, 5) is 2.37. The highest BCUT2D eigenvalue weighted by Crippen LogP contribution is 2.31. The Morgan fingerprint density at radius 1 is 1.32 bits per heavy atom. The molecule has 3 nitrogen and oxygen atoms in total. The number of fused-ring (bicyclic) bond motifs is 1. The molecule has 0 amide bonds. The largest absolute Gasteiger partial charge is 0.375 e. The minimum absolute atomic E-state index is 0.133. The van der Waals surface area contributed by atoms with Crippen molar-refractivity contribution < 1.29 is 9.13 Å². The Balaban J connectivity index is 1.77. The lowest BCUT2D eigenvalue weighted by atomic mass is 10.1. The van der Waals surface area contributed by atoms with Gasteiger partial charge in [-0.1, -0.05) is 18.2 Å². The molecule has 4 heteroatoms. The molecule has 2 unspecified atom stereocenters. The first-order chi connectivity index (χ1) is 9.29. The van der Waals surface area contributed by atoms with Gasteiger partial charge in [-0.3, -0.25) is 4.90 Å². The Morgan fingerprint density at radius 3 is 3.00 bits per heavy atom.